The Bertz CT molecular complexity index is 555. The van der Waals surface area contributed by atoms with Gasteiger partial charge in [0.25, 0.3) is 5.91 Å². The van der Waals surface area contributed by atoms with Gasteiger partial charge in [-0.1, -0.05) is 23.2 Å². The molecule has 1 fully saturated rings. The number of hydrogen-bond acceptors (Lipinski definition) is 4. The molecule has 0 radical (unpaired) electrons. The minimum absolute atomic E-state index is 0.0184. The second kappa shape index (κ2) is 6.51. The molecule has 1 heterocycles. The van der Waals surface area contributed by atoms with Crippen LogP contribution in [0.15, 0.2) is 12.1 Å². The number of rotatable bonds is 3. The van der Waals surface area contributed by atoms with Crippen LogP contribution in [-0.4, -0.2) is 54.8 Å². The van der Waals surface area contributed by atoms with Gasteiger partial charge in [0, 0.05) is 12.1 Å². The van der Waals surface area contributed by atoms with Crippen LogP contribution in [-0.2, 0) is 9.53 Å². The van der Waals surface area contributed by atoms with Crippen LogP contribution in [0, 0.1) is 0 Å². The number of carboxylic acid groups (broad SMARTS) is 1. The van der Waals surface area contributed by atoms with Crippen LogP contribution in [0.3, 0.4) is 0 Å². The lowest BCUT2D eigenvalue weighted by atomic mass is 10.1. The van der Waals surface area contributed by atoms with E-state index >= 15 is 0 Å². The fourth-order valence-corrected chi connectivity index (χ4v) is 2.69. The Kier molecular flexibility index (Phi) is 4.92. The van der Waals surface area contributed by atoms with E-state index in [-0.39, 0.29) is 34.7 Å². The summed E-state index contributed by atoms with van der Waals surface area (Å²) in [5, 5.41) is 9.38. The summed E-state index contributed by atoms with van der Waals surface area (Å²) in [6.45, 7) is 0.458. The summed E-state index contributed by atoms with van der Waals surface area (Å²) in [6.07, 6.45) is -1.02. The van der Waals surface area contributed by atoms with Gasteiger partial charge >= 0.3 is 5.97 Å². The van der Waals surface area contributed by atoms with E-state index in [1.165, 1.54) is 24.1 Å². The zero-order valence-electron chi connectivity index (χ0n) is 11.1. The number of amides is 1. The van der Waals surface area contributed by atoms with Crippen molar-refractivity contribution in [2.45, 2.75) is 6.10 Å². The van der Waals surface area contributed by atoms with Crippen molar-refractivity contribution in [3.05, 3.63) is 27.7 Å². The molecule has 0 spiro atoms. The molecule has 1 amide bonds. The monoisotopic (exact) mass is 333 g/mol. The van der Waals surface area contributed by atoms with Crippen molar-refractivity contribution in [3.63, 3.8) is 0 Å². The number of benzene rings is 1. The fourth-order valence-electron chi connectivity index (χ4n) is 2.04. The molecule has 1 aliphatic heterocycles. The van der Waals surface area contributed by atoms with Crippen LogP contribution < -0.4 is 4.74 Å². The molecular weight excluding hydrogens is 321 g/mol. The summed E-state index contributed by atoms with van der Waals surface area (Å²) in [5.74, 6) is -1.16. The van der Waals surface area contributed by atoms with Crippen LogP contribution in [0.25, 0.3) is 0 Å². The highest BCUT2D eigenvalue weighted by atomic mass is 35.5. The molecule has 1 saturated heterocycles. The summed E-state index contributed by atoms with van der Waals surface area (Å²) in [6, 6.07) is 2.89. The quantitative estimate of drug-likeness (QED) is 0.914. The second-order valence-corrected chi connectivity index (χ2v) is 5.24. The van der Waals surface area contributed by atoms with Gasteiger partial charge in [-0.25, -0.2) is 4.79 Å². The molecule has 21 heavy (non-hydrogen) atoms. The van der Waals surface area contributed by atoms with E-state index in [1.54, 1.807) is 0 Å². The number of hydrogen-bond donors (Lipinski definition) is 1. The van der Waals surface area contributed by atoms with Gasteiger partial charge in [-0.3, -0.25) is 4.79 Å². The lowest BCUT2D eigenvalue weighted by molar-refractivity contribution is -0.154. The van der Waals surface area contributed by atoms with Gasteiger partial charge in [0.2, 0.25) is 0 Å². The molecule has 1 aromatic carbocycles. The Morgan fingerprint density at radius 1 is 1.38 bits per heavy atom. The van der Waals surface area contributed by atoms with Crippen molar-refractivity contribution in [3.8, 4) is 5.75 Å². The normalized spacial score (nSPS) is 18.4. The second-order valence-electron chi connectivity index (χ2n) is 4.42. The number of halogens is 2. The average Bonchev–Trinajstić information content (AvgIpc) is 2.46. The third kappa shape index (κ3) is 3.40. The van der Waals surface area contributed by atoms with Crippen LogP contribution in [0.2, 0.25) is 10.0 Å². The molecule has 0 aliphatic carbocycles. The fraction of sp³-hybridized carbons (Fsp3) is 0.385. The van der Waals surface area contributed by atoms with E-state index in [0.29, 0.717) is 12.3 Å². The first-order valence-corrected chi connectivity index (χ1v) is 6.86. The first-order chi connectivity index (χ1) is 9.93. The summed E-state index contributed by atoms with van der Waals surface area (Å²) < 4.78 is 10.1. The molecule has 1 aliphatic rings. The molecule has 0 saturated carbocycles. The minimum atomic E-state index is -1.10. The third-order valence-electron chi connectivity index (χ3n) is 3.08. The lowest BCUT2D eigenvalue weighted by Crippen LogP contribution is -2.48. The van der Waals surface area contributed by atoms with E-state index in [9.17, 15) is 9.59 Å². The number of aliphatic carboxylic acids is 1. The van der Waals surface area contributed by atoms with E-state index in [2.05, 4.69) is 0 Å². The van der Waals surface area contributed by atoms with Gasteiger partial charge in [-0.2, -0.15) is 0 Å². The first kappa shape index (κ1) is 15.9. The molecule has 0 bridgehead atoms. The maximum Gasteiger partial charge on any atom is 0.334 e. The van der Waals surface area contributed by atoms with Gasteiger partial charge < -0.3 is 19.5 Å². The number of carbonyl (C=O) groups is 2. The summed E-state index contributed by atoms with van der Waals surface area (Å²) >= 11 is 12.0. The van der Waals surface area contributed by atoms with Crippen molar-refractivity contribution < 1.29 is 24.2 Å². The Morgan fingerprint density at radius 2 is 2.00 bits per heavy atom. The van der Waals surface area contributed by atoms with E-state index in [0.717, 1.165) is 0 Å². The zero-order valence-corrected chi connectivity index (χ0v) is 12.6. The Labute approximate surface area is 131 Å². The van der Waals surface area contributed by atoms with Gasteiger partial charge in [0.05, 0.1) is 30.3 Å². The SMILES string of the molecule is COc1c(Cl)cc(C(=O)N2CCOC(C(=O)O)C2)cc1Cl. The van der Waals surface area contributed by atoms with E-state index < -0.39 is 12.1 Å². The van der Waals surface area contributed by atoms with Crippen LogP contribution in [0.5, 0.6) is 5.75 Å². The van der Waals surface area contributed by atoms with Crippen molar-refractivity contribution in [1.29, 1.82) is 0 Å². The molecule has 2 rings (SSSR count). The van der Waals surface area contributed by atoms with Crippen LogP contribution in [0.4, 0.5) is 0 Å². The minimum Gasteiger partial charge on any atom is -0.494 e. The largest absolute Gasteiger partial charge is 0.494 e. The van der Waals surface area contributed by atoms with Crippen molar-refractivity contribution in [1.82, 2.24) is 4.90 Å². The highest BCUT2D eigenvalue weighted by Gasteiger charge is 2.30. The molecule has 1 N–H and O–H groups in total. The number of morpholine rings is 1. The number of methoxy groups -OCH3 is 1. The molecular formula is C13H13Cl2NO5. The van der Waals surface area contributed by atoms with Gasteiger partial charge in [-0.05, 0) is 12.1 Å². The molecule has 1 unspecified atom stereocenters. The molecule has 6 nitrogen and oxygen atoms in total. The highest BCUT2D eigenvalue weighted by molar-refractivity contribution is 6.37. The Hall–Kier alpha value is -1.50. The first-order valence-electron chi connectivity index (χ1n) is 6.10. The third-order valence-corrected chi connectivity index (χ3v) is 3.64. The smallest absolute Gasteiger partial charge is 0.334 e. The predicted octanol–water partition coefficient (Wildman–Crippen LogP) is 1.93. The van der Waals surface area contributed by atoms with Crippen molar-refractivity contribution in [2.24, 2.45) is 0 Å². The highest BCUT2D eigenvalue weighted by Crippen LogP contribution is 2.34. The Morgan fingerprint density at radius 3 is 2.52 bits per heavy atom. The predicted molar refractivity (Wildman–Crippen MR) is 76.3 cm³/mol. The zero-order chi connectivity index (χ0) is 15.6. The average molecular weight is 334 g/mol. The molecule has 0 aromatic heterocycles. The Balaban J connectivity index is 2.22. The standard InChI is InChI=1S/C13H13Cl2NO5/c1-20-11-8(14)4-7(5-9(11)15)12(17)16-2-3-21-10(6-16)13(18)19/h4-5,10H,2-3,6H2,1H3,(H,18,19). The molecule has 114 valence electrons. The number of carbonyl (C=O) groups excluding carboxylic acids is 1. The van der Waals surface area contributed by atoms with Crippen molar-refractivity contribution in [2.75, 3.05) is 26.8 Å². The van der Waals surface area contributed by atoms with Crippen LogP contribution in [0.1, 0.15) is 10.4 Å². The molecule has 1 aromatic rings. The van der Waals surface area contributed by atoms with E-state index in [1.807, 2.05) is 0 Å². The van der Waals surface area contributed by atoms with E-state index in [4.69, 9.17) is 37.8 Å². The summed E-state index contributed by atoms with van der Waals surface area (Å²) in [7, 11) is 1.42. The summed E-state index contributed by atoms with van der Waals surface area (Å²) in [4.78, 5) is 24.7. The maximum atomic E-state index is 12.4. The molecule has 1 atom stereocenters. The lowest BCUT2D eigenvalue weighted by Gasteiger charge is -2.31. The number of carboxylic acids is 1. The maximum absolute atomic E-state index is 12.4. The number of ether oxygens (including phenoxy) is 2. The van der Waals surface area contributed by atoms with Crippen LogP contribution >= 0.6 is 23.2 Å². The van der Waals surface area contributed by atoms with Crippen molar-refractivity contribution >= 4 is 35.1 Å². The van der Waals surface area contributed by atoms with Gasteiger partial charge in [0.15, 0.2) is 11.9 Å². The van der Waals surface area contributed by atoms with Gasteiger partial charge in [0.1, 0.15) is 0 Å². The molecule has 8 heteroatoms. The summed E-state index contributed by atoms with van der Waals surface area (Å²) in [5.41, 5.74) is 0.275. The number of nitrogens with zero attached hydrogens (tertiary/aromatic N) is 1. The van der Waals surface area contributed by atoms with Gasteiger partial charge in [-0.15, -0.1) is 0 Å². The topological polar surface area (TPSA) is 76.1 Å².